The molecule has 0 radical (unpaired) electrons. The van der Waals surface area contributed by atoms with Crippen molar-refractivity contribution in [2.24, 2.45) is 0 Å². The second kappa shape index (κ2) is 4.96. The summed E-state index contributed by atoms with van der Waals surface area (Å²) >= 11 is 0. The molecule has 4 nitrogen and oxygen atoms in total. The summed E-state index contributed by atoms with van der Waals surface area (Å²) < 4.78 is 0. The third-order valence-corrected chi connectivity index (χ3v) is 3.08. The van der Waals surface area contributed by atoms with Gasteiger partial charge in [0.2, 0.25) is 5.95 Å². The molecule has 3 heterocycles. The van der Waals surface area contributed by atoms with E-state index < -0.39 is 0 Å². The fourth-order valence-corrected chi connectivity index (χ4v) is 2.12. The van der Waals surface area contributed by atoms with Crippen LogP contribution in [0, 0.1) is 0 Å². The van der Waals surface area contributed by atoms with Crippen LogP contribution >= 0.6 is 0 Å². The molecule has 0 unspecified atom stereocenters. The van der Waals surface area contributed by atoms with E-state index in [2.05, 4.69) is 32.0 Å². The predicted molar refractivity (Wildman–Crippen MR) is 71.1 cm³/mol. The molecule has 2 aromatic rings. The van der Waals surface area contributed by atoms with Crippen LogP contribution in [0.25, 0.3) is 5.57 Å². The standard InChI is InChI=1S/C14H14N4/c1-3-13(11-15-6-1)12-4-9-18(10-5-12)14-16-7-2-8-17-14/h1-4,6-8,11H,5,9-10H2. The molecule has 1 aliphatic heterocycles. The first-order valence-electron chi connectivity index (χ1n) is 6.05. The first kappa shape index (κ1) is 10.9. The van der Waals surface area contributed by atoms with E-state index in [1.54, 1.807) is 18.6 Å². The molecule has 0 bridgehead atoms. The highest BCUT2D eigenvalue weighted by atomic mass is 15.2. The summed E-state index contributed by atoms with van der Waals surface area (Å²) in [5.74, 6) is 0.805. The maximum absolute atomic E-state index is 4.27. The van der Waals surface area contributed by atoms with Crippen molar-refractivity contribution < 1.29 is 0 Å². The minimum atomic E-state index is 0.805. The Morgan fingerprint density at radius 3 is 2.61 bits per heavy atom. The first-order chi connectivity index (χ1) is 8.93. The van der Waals surface area contributed by atoms with Gasteiger partial charge in [0.25, 0.3) is 0 Å². The minimum Gasteiger partial charge on any atom is -0.337 e. The largest absolute Gasteiger partial charge is 0.337 e. The Hall–Kier alpha value is -2.23. The normalized spacial score (nSPS) is 15.3. The zero-order chi connectivity index (χ0) is 12.2. The summed E-state index contributed by atoms with van der Waals surface area (Å²) in [5.41, 5.74) is 2.57. The Morgan fingerprint density at radius 1 is 1.06 bits per heavy atom. The summed E-state index contributed by atoms with van der Waals surface area (Å²) in [7, 11) is 0. The highest BCUT2D eigenvalue weighted by Gasteiger charge is 2.14. The monoisotopic (exact) mass is 238 g/mol. The van der Waals surface area contributed by atoms with Crippen LogP contribution in [0.3, 0.4) is 0 Å². The van der Waals surface area contributed by atoms with Crippen molar-refractivity contribution in [2.75, 3.05) is 18.0 Å². The molecule has 0 N–H and O–H groups in total. The average molecular weight is 238 g/mol. The van der Waals surface area contributed by atoms with Crippen LogP contribution in [-0.4, -0.2) is 28.0 Å². The molecule has 2 aromatic heterocycles. The summed E-state index contributed by atoms with van der Waals surface area (Å²) in [4.78, 5) is 14.9. The molecule has 0 atom stereocenters. The molecule has 90 valence electrons. The molecule has 0 saturated heterocycles. The number of rotatable bonds is 2. The second-order valence-corrected chi connectivity index (χ2v) is 4.22. The van der Waals surface area contributed by atoms with E-state index in [-0.39, 0.29) is 0 Å². The van der Waals surface area contributed by atoms with Crippen LogP contribution in [0.15, 0.2) is 49.1 Å². The van der Waals surface area contributed by atoms with Crippen LogP contribution in [0.2, 0.25) is 0 Å². The van der Waals surface area contributed by atoms with Crippen molar-refractivity contribution in [1.82, 2.24) is 15.0 Å². The first-order valence-corrected chi connectivity index (χ1v) is 6.05. The van der Waals surface area contributed by atoms with Crippen molar-refractivity contribution in [3.05, 3.63) is 54.6 Å². The van der Waals surface area contributed by atoms with Crippen molar-refractivity contribution in [2.45, 2.75) is 6.42 Å². The Labute approximate surface area is 106 Å². The van der Waals surface area contributed by atoms with E-state index in [9.17, 15) is 0 Å². The summed E-state index contributed by atoms with van der Waals surface area (Å²) in [6, 6.07) is 5.92. The molecule has 3 rings (SSSR count). The Balaban J connectivity index is 1.76. The third kappa shape index (κ3) is 2.22. The van der Waals surface area contributed by atoms with Crippen LogP contribution < -0.4 is 4.90 Å². The fourth-order valence-electron chi connectivity index (χ4n) is 2.12. The van der Waals surface area contributed by atoms with E-state index in [0.717, 1.165) is 25.5 Å². The van der Waals surface area contributed by atoms with E-state index in [1.807, 2.05) is 18.3 Å². The molecular formula is C14H14N4. The molecule has 0 fully saturated rings. The lowest BCUT2D eigenvalue weighted by molar-refractivity contribution is 0.796. The summed E-state index contributed by atoms with van der Waals surface area (Å²) in [6.07, 6.45) is 10.5. The lowest BCUT2D eigenvalue weighted by atomic mass is 10.0. The van der Waals surface area contributed by atoms with Crippen molar-refractivity contribution in [3.8, 4) is 0 Å². The number of aromatic nitrogens is 3. The topological polar surface area (TPSA) is 41.9 Å². The van der Waals surface area contributed by atoms with Gasteiger partial charge in [0.1, 0.15) is 0 Å². The van der Waals surface area contributed by atoms with E-state index in [1.165, 1.54) is 11.1 Å². The highest BCUT2D eigenvalue weighted by molar-refractivity contribution is 5.67. The SMILES string of the molecule is C1=C(c2cccnc2)CCN(c2ncccn2)C1. The molecule has 4 heteroatoms. The van der Waals surface area contributed by atoms with Crippen molar-refractivity contribution in [3.63, 3.8) is 0 Å². The zero-order valence-electron chi connectivity index (χ0n) is 10.0. The quantitative estimate of drug-likeness (QED) is 0.804. The Morgan fingerprint density at radius 2 is 1.94 bits per heavy atom. The van der Waals surface area contributed by atoms with Gasteiger partial charge in [-0.1, -0.05) is 12.1 Å². The van der Waals surface area contributed by atoms with Gasteiger partial charge in [-0.2, -0.15) is 0 Å². The van der Waals surface area contributed by atoms with Gasteiger partial charge in [-0.25, -0.2) is 9.97 Å². The van der Waals surface area contributed by atoms with Crippen LogP contribution in [0.4, 0.5) is 5.95 Å². The van der Waals surface area contributed by atoms with Gasteiger partial charge in [-0.3, -0.25) is 4.98 Å². The fraction of sp³-hybridized carbons (Fsp3) is 0.214. The maximum atomic E-state index is 4.27. The molecule has 0 aliphatic carbocycles. The number of nitrogens with zero attached hydrogens (tertiary/aromatic N) is 4. The van der Waals surface area contributed by atoms with E-state index in [0.29, 0.717) is 0 Å². The van der Waals surface area contributed by atoms with Gasteiger partial charge in [-0.15, -0.1) is 0 Å². The summed E-state index contributed by atoms with van der Waals surface area (Å²) in [5, 5.41) is 0. The van der Waals surface area contributed by atoms with Crippen LogP contribution in [-0.2, 0) is 0 Å². The molecule has 0 saturated carbocycles. The smallest absolute Gasteiger partial charge is 0.225 e. The lowest BCUT2D eigenvalue weighted by Crippen LogP contribution is -2.29. The Kier molecular flexibility index (Phi) is 3.00. The van der Waals surface area contributed by atoms with Gasteiger partial charge in [0.15, 0.2) is 0 Å². The van der Waals surface area contributed by atoms with Gasteiger partial charge in [0, 0.05) is 37.9 Å². The minimum absolute atomic E-state index is 0.805. The van der Waals surface area contributed by atoms with Gasteiger partial charge < -0.3 is 4.90 Å². The lowest BCUT2D eigenvalue weighted by Gasteiger charge is -2.26. The number of anilines is 1. The van der Waals surface area contributed by atoms with Gasteiger partial charge in [-0.05, 0) is 29.7 Å². The van der Waals surface area contributed by atoms with Crippen LogP contribution in [0.5, 0.6) is 0 Å². The Bertz CT molecular complexity index is 536. The second-order valence-electron chi connectivity index (χ2n) is 4.22. The van der Waals surface area contributed by atoms with E-state index >= 15 is 0 Å². The molecule has 0 aromatic carbocycles. The molecular weight excluding hydrogens is 224 g/mol. The maximum Gasteiger partial charge on any atom is 0.225 e. The highest BCUT2D eigenvalue weighted by Crippen LogP contribution is 2.22. The number of pyridine rings is 1. The van der Waals surface area contributed by atoms with Crippen LogP contribution in [0.1, 0.15) is 12.0 Å². The molecule has 18 heavy (non-hydrogen) atoms. The van der Waals surface area contributed by atoms with Gasteiger partial charge in [0.05, 0.1) is 0 Å². The van der Waals surface area contributed by atoms with Crippen molar-refractivity contribution >= 4 is 11.5 Å². The van der Waals surface area contributed by atoms with Crippen molar-refractivity contribution in [1.29, 1.82) is 0 Å². The predicted octanol–water partition coefficient (Wildman–Crippen LogP) is 2.17. The molecule has 0 amide bonds. The van der Waals surface area contributed by atoms with Gasteiger partial charge >= 0.3 is 0 Å². The average Bonchev–Trinajstić information content (AvgIpc) is 2.49. The third-order valence-electron chi connectivity index (χ3n) is 3.08. The summed E-state index contributed by atoms with van der Waals surface area (Å²) in [6.45, 7) is 1.80. The number of hydrogen-bond donors (Lipinski definition) is 0. The molecule has 1 aliphatic rings. The zero-order valence-corrected chi connectivity index (χ0v) is 10.0. The molecule has 0 spiro atoms. The number of hydrogen-bond acceptors (Lipinski definition) is 4. The van der Waals surface area contributed by atoms with E-state index in [4.69, 9.17) is 0 Å².